The molecule has 0 aliphatic heterocycles. The first kappa shape index (κ1) is 14.4. The average Bonchev–Trinajstić information content (AvgIpc) is 2.51. The SMILES string of the molecule is COCc1nn(CCS(C)(=O)=O)c(Cl)c1CO. The molecular formula is C9H15ClN2O4S. The molecule has 1 heterocycles. The average molecular weight is 283 g/mol. The summed E-state index contributed by atoms with van der Waals surface area (Å²) in [6.07, 6.45) is 1.15. The molecule has 17 heavy (non-hydrogen) atoms. The van der Waals surface area contributed by atoms with E-state index < -0.39 is 9.84 Å². The summed E-state index contributed by atoms with van der Waals surface area (Å²) < 4.78 is 28.4. The van der Waals surface area contributed by atoms with Gasteiger partial charge in [-0.3, -0.25) is 4.68 Å². The Morgan fingerprint density at radius 3 is 2.65 bits per heavy atom. The van der Waals surface area contributed by atoms with E-state index in [1.54, 1.807) is 0 Å². The van der Waals surface area contributed by atoms with Crippen molar-refractivity contribution in [2.75, 3.05) is 19.1 Å². The number of sulfone groups is 1. The van der Waals surface area contributed by atoms with E-state index in [0.717, 1.165) is 6.26 Å². The Kier molecular flexibility index (Phi) is 4.93. The van der Waals surface area contributed by atoms with Gasteiger partial charge in [0.05, 0.1) is 31.2 Å². The Hall–Kier alpha value is -0.630. The van der Waals surface area contributed by atoms with Crippen LogP contribution in [0.4, 0.5) is 0 Å². The van der Waals surface area contributed by atoms with Crippen LogP contribution in [-0.2, 0) is 34.3 Å². The van der Waals surface area contributed by atoms with Crippen molar-refractivity contribution in [1.82, 2.24) is 9.78 Å². The van der Waals surface area contributed by atoms with Gasteiger partial charge in [0.25, 0.3) is 0 Å². The van der Waals surface area contributed by atoms with Crippen LogP contribution in [0.1, 0.15) is 11.3 Å². The maximum atomic E-state index is 11.0. The van der Waals surface area contributed by atoms with Crippen LogP contribution in [-0.4, -0.2) is 42.4 Å². The smallest absolute Gasteiger partial charge is 0.149 e. The number of aromatic nitrogens is 2. The molecule has 0 bridgehead atoms. The van der Waals surface area contributed by atoms with Gasteiger partial charge in [0.15, 0.2) is 0 Å². The fourth-order valence-electron chi connectivity index (χ4n) is 1.33. The lowest BCUT2D eigenvalue weighted by Gasteiger charge is -2.01. The second-order valence-corrected chi connectivity index (χ2v) is 6.28. The number of halogens is 1. The molecule has 0 spiro atoms. The minimum atomic E-state index is -3.07. The van der Waals surface area contributed by atoms with Gasteiger partial charge in [-0.05, 0) is 0 Å². The maximum absolute atomic E-state index is 11.0. The molecule has 0 unspecified atom stereocenters. The molecule has 0 fully saturated rings. The number of rotatable bonds is 6. The van der Waals surface area contributed by atoms with Gasteiger partial charge in [0.2, 0.25) is 0 Å². The summed E-state index contributed by atoms with van der Waals surface area (Å²) in [6, 6.07) is 0. The topological polar surface area (TPSA) is 81.4 Å². The molecule has 6 nitrogen and oxygen atoms in total. The second kappa shape index (κ2) is 5.81. The van der Waals surface area contributed by atoms with Crippen LogP contribution in [0.5, 0.6) is 0 Å². The Morgan fingerprint density at radius 2 is 2.18 bits per heavy atom. The number of ether oxygens (including phenoxy) is 1. The number of hydrogen-bond acceptors (Lipinski definition) is 5. The van der Waals surface area contributed by atoms with Crippen molar-refractivity contribution < 1.29 is 18.3 Å². The molecule has 0 atom stereocenters. The van der Waals surface area contributed by atoms with Crippen molar-refractivity contribution in [1.29, 1.82) is 0 Å². The van der Waals surface area contributed by atoms with Gasteiger partial charge in [-0.15, -0.1) is 0 Å². The molecular weight excluding hydrogens is 268 g/mol. The second-order valence-electron chi connectivity index (χ2n) is 3.66. The lowest BCUT2D eigenvalue weighted by molar-refractivity contribution is 0.177. The molecule has 0 amide bonds. The molecule has 98 valence electrons. The molecule has 0 saturated heterocycles. The number of aliphatic hydroxyl groups excluding tert-OH is 1. The van der Waals surface area contributed by atoms with Gasteiger partial charge in [-0.25, -0.2) is 8.42 Å². The molecule has 0 aliphatic rings. The summed E-state index contributed by atoms with van der Waals surface area (Å²) in [4.78, 5) is 0. The molecule has 0 aromatic carbocycles. The number of aliphatic hydroxyl groups is 1. The first-order valence-electron chi connectivity index (χ1n) is 4.90. The molecule has 1 N–H and O–H groups in total. The monoisotopic (exact) mass is 282 g/mol. The standard InChI is InChI=1S/C9H15ClN2O4S/c1-16-6-8-7(5-13)9(10)12(11-8)3-4-17(2,14)15/h13H,3-6H2,1-2H3. The summed E-state index contributed by atoms with van der Waals surface area (Å²) in [5, 5.41) is 13.5. The van der Waals surface area contributed by atoms with E-state index in [4.69, 9.17) is 21.4 Å². The van der Waals surface area contributed by atoms with Gasteiger partial charge in [-0.2, -0.15) is 5.10 Å². The Labute approximate surface area is 105 Å². The Balaban J connectivity index is 2.93. The van der Waals surface area contributed by atoms with E-state index in [-0.39, 0.29) is 30.7 Å². The normalized spacial score (nSPS) is 12.0. The number of aryl methyl sites for hydroxylation is 1. The zero-order valence-corrected chi connectivity index (χ0v) is 11.3. The zero-order chi connectivity index (χ0) is 13.1. The van der Waals surface area contributed by atoms with Gasteiger partial charge in [-0.1, -0.05) is 11.6 Å². The van der Waals surface area contributed by atoms with Crippen molar-refractivity contribution in [3.8, 4) is 0 Å². The molecule has 0 radical (unpaired) electrons. The first-order chi connectivity index (χ1) is 7.89. The van der Waals surface area contributed by atoms with Crippen molar-refractivity contribution in [3.63, 3.8) is 0 Å². The number of methoxy groups -OCH3 is 1. The fraction of sp³-hybridized carbons (Fsp3) is 0.667. The zero-order valence-electron chi connectivity index (χ0n) is 9.68. The van der Waals surface area contributed by atoms with Crippen LogP contribution in [0.2, 0.25) is 5.15 Å². The van der Waals surface area contributed by atoms with E-state index in [2.05, 4.69) is 5.10 Å². The van der Waals surface area contributed by atoms with Crippen molar-refractivity contribution in [3.05, 3.63) is 16.4 Å². The van der Waals surface area contributed by atoms with E-state index in [1.165, 1.54) is 11.8 Å². The fourth-order valence-corrected chi connectivity index (χ4v) is 2.13. The summed E-state index contributed by atoms with van der Waals surface area (Å²) >= 11 is 5.98. The molecule has 0 aliphatic carbocycles. The summed E-state index contributed by atoms with van der Waals surface area (Å²) in [5.74, 6) is -0.0499. The lowest BCUT2D eigenvalue weighted by atomic mass is 10.3. The third kappa shape index (κ3) is 3.95. The van der Waals surface area contributed by atoms with Gasteiger partial charge >= 0.3 is 0 Å². The Morgan fingerprint density at radius 1 is 1.53 bits per heavy atom. The van der Waals surface area contributed by atoms with Crippen LogP contribution in [0.25, 0.3) is 0 Å². The first-order valence-corrected chi connectivity index (χ1v) is 7.34. The lowest BCUT2D eigenvalue weighted by Crippen LogP contribution is -2.12. The van der Waals surface area contributed by atoms with Crippen molar-refractivity contribution in [2.24, 2.45) is 0 Å². The van der Waals surface area contributed by atoms with Crippen LogP contribution in [0.3, 0.4) is 0 Å². The quantitative estimate of drug-likeness (QED) is 0.807. The van der Waals surface area contributed by atoms with Gasteiger partial charge in [0, 0.05) is 18.9 Å². The van der Waals surface area contributed by atoms with Gasteiger partial charge < -0.3 is 9.84 Å². The minimum Gasteiger partial charge on any atom is -0.391 e. The van der Waals surface area contributed by atoms with Crippen LogP contribution in [0, 0.1) is 0 Å². The van der Waals surface area contributed by atoms with E-state index in [1.807, 2.05) is 0 Å². The summed E-state index contributed by atoms with van der Waals surface area (Å²) in [5.41, 5.74) is 0.996. The summed E-state index contributed by atoms with van der Waals surface area (Å²) in [6.45, 7) is 0.131. The third-order valence-corrected chi connectivity index (χ3v) is 3.53. The van der Waals surface area contributed by atoms with Crippen molar-refractivity contribution in [2.45, 2.75) is 19.8 Å². The van der Waals surface area contributed by atoms with E-state index in [9.17, 15) is 8.42 Å². The van der Waals surface area contributed by atoms with Crippen LogP contribution in [0.15, 0.2) is 0 Å². The molecule has 1 rings (SSSR count). The highest BCUT2D eigenvalue weighted by molar-refractivity contribution is 7.90. The van der Waals surface area contributed by atoms with E-state index >= 15 is 0 Å². The highest BCUT2D eigenvalue weighted by Gasteiger charge is 2.16. The third-order valence-electron chi connectivity index (χ3n) is 2.18. The number of hydrogen-bond donors (Lipinski definition) is 1. The predicted octanol–water partition coefficient (Wildman–Crippen LogP) is 0.220. The molecule has 8 heteroatoms. The maximum Gasteiger partial charge on any atom is 0.149 e. The largest absolute Gasteiger partial charge is 0.391 e. The van der Waals surface area contributed by atoms with E-state index in [0.29, 0.717) is 11.3 Å². The number of nitrogens with zero attached hydrogens (tertiary/aromatic N) is 2. The van der Waals surface area contributed by atoms with Crippen LogP contribution >= 0.6 is 11.6 Å². The molecule has 1 aromatic heterocycles. The molecule has 0 saturated carbocycles. The highest BCUT2D eigenvalue weighted by atomic mass is 35.5. The Bertz CT molecular complexity index is 483. The van der Waals surface area contributed by atoms with Gasteiger partial charge in [0.1, 0.15) is 15.0 Å². The van der Waals surface area contributed by atoms with Crippen LogP contribution < -0.4 is 0 Å². The van der Waals surface area contributed by atoms with Crippen molar-refractivity contribution >= 4 is 21.4 Å². The predicted molar refractivity (Wildman–Crippen MR) is 63.6 cm³/mol. The minimum absolute atomic E-state index is 0.0499. The summed E-state index contributed by atoms with van der Waals surface area (Å²) in [7, 11) is -1.57. The highest BCUT2D eigenvalue weighted by Crippen LogP contribution is 2.20. The molecule has 1 aromatic rings.